The normalized spacial score (nSPS) is 18.2. The lowest BCUT2D eigenvalue weighted by Crippen LogP contribution is -2.21. The van der Waals surface area contributed by atoms with E-state index >= 15 is 0 Å². The van der Waals surface area contributed by atoms with Crippen molar-refractivity contribution >= 4 is 5.84 Å². The summed E-state index contributed by atoms with van der Waals surface area (Å²) in [5.74, 6) is 0.908. The van der Waals surface area contributed by atoms with Crippen LogP contribution in [-0.2, 0) is 0 Å². The van der Waals surface area contributed by atoms with Gasteiger partial charge in [0.1, 0.15) is 5.84 Å². The van der Waals surface area contributed by atoms with Crippen molar-refractivity contribution in [2.45, 2.75) is 13.8 Å². The van der Waals surface area contributed by atoms with Gasteiger partial charge in [0.15, 0.2) is 0 Å². The van der Waals surface area contributed by atoms with Gasteiger partial charge in [-0.05, 0) is 19.4 Å². The minimum absolute atomic E-state index is 0.908. The maximum atomic E-state index is 4.04. The van der Waals surface area contributed by atoms with Gasteiger partial charge >= 0.3 is 0 Å². The number of hydrogen-bond donors (Lipinski definition) is 1. The molecule has 0 spiro atoms. The predicted molar refractivity (Wildman–Crippen MR) is 39.1 cm³/mol. The predicted octanol–water partition coefficient (Wildman–Crippen LogP) is 1.43. The maximum Gasteiger partial charge on any atom is 0.103 e. The molecule has 0 atom stereocenters. The average Bonchev–Trinajstić information content (AvgIpc) is 1.80. The van der Waals surface area contributed by atoms with E-state index in [0.29, 0.717) is 0 Å². The Bertz CT molecular complexity index is 199. The molecule has 0 fully saturated rings. The van der Waals surface area contributed by atoms with Crippen molar-refractivity contribution < 1.29 is 0 Å². The Kier molecular flexibility index (Phi) is 1.39. The Morgan fingerprint density at radius 3 is 2.67 bits per heavy atom. The van der Waals surface area contributed by atoms with Gasteiger partial charge in [0.05, 0.1) is 0 Å². The van der Waals surface area contributed by atoms with Crippen LogP contribution in [0.15, 0.2) is 29.0 Å². The molecule has 0 amide bonds. The fourth-order valence-corrected chi connectivity index (χ4v) is 0.621. The monoisotopic (exact) mass is 122 g/mol. The summed E-state index contributed by atoms with van der Waals surface area (Å²) in [4.78, 5) is 4.04. The second kappa shape index (κ2) is 2.05. The fourth-order valence-electron chi connectivity index (χ4n) is 0.621. The summed E-state index contributed by atoms with van der Waals surface area (Å²) >= 11 is 0. The summed E-state index contributed by atoms with van der Waals surface area (Å²) in [5, 5.41) is 3.02. The van der Waals surface area contributed by atoms with Crippen molar-refractivity contribution in [1.29, 1.82) is 0 Å². The van der Waals surface area contributed by atoms with Crippen LogP contribution < -0.4 is 5.32 Å². The first-order valence-corrected chi connectivity index (χ1v) is 2.87. The number of aliphatic imine (C=N–C) groups is 1. The summed E-state index contributed by atoms with van der Waals surface area (Å²) in [6.07, 6.45) is 1.81. The van der Waals surface area contributed by atoms with E-state index in [0.717, 1.165) is 17.1 Å². The van der Waals surface area contributed by atoms with Crippen molar-refractivity contribution in [2.24, 2.45) is 4.99 Å². The highest BCUT2D eigenvalue weighted by Crippen LogP contribution is 2.06. The molecule has 0 saturated heterocycles. The lowest BCUT2D eigenvalue weighted by Gasteiger charge is -2.12. The summed E-state index contributed by atoms with van der Waals surface area (Å²) in [5.41, 5.74) is 2.04. The van der Waals surface area contributed by atoms with Gasteiger partial charge < -0.3 is 5.32 Å². The van der Waals surface area contributed by atoms with Crippen LogP contribution in [0.2, 0.25) is 0 Å². The smallest absolute Gasteiger partial charge is 0.103 e. The molecule has 0 radical (unpaired) electrons. The van der Waals surface area contributed by atoms with Crippen molar-refractivity contribution in [1.82, 2.24) is 5.32 Å². The molecule has 48 valence electrons. The highest BCUT2D eigenvalue weighted by Gasteiger charge is 2.00. The highest BCUT2D eigenvalue weighted by atomic mass is 15.0. The molecule has 0 saturated carbocycles. The van der Waals surface area contributed by atoms with Gasteiger partial charge in [0, 0.05) is 11.9 Å². The molecule has 0 aromatic rings. The van der Waals surface area contributed by atoms with Crippen LogP contribution in [0.1, 0.15) is 13.8 Å². The van der Waals surface area contributed by atoms with Crippen LogP contribution in [-0.4, -0.2) is 5.84 Å². The van der Waals surface area contributed by atoms with Crippen LogP contribution >= 0.6 is 0 Å². The fraction of sp³-hybridized carbons (Fsp3) is 0.286. The van der Waals surface area contributed by atoms with Crippen LogP contribution in [0.5, 0.6) is 0 Å². The van der Waals surface area contributed by atoms with Gasteiger partial charge in [-0.2, -0.15) is 0 Å². The molecular weight excluding hydrogens is 112 g/mol. The Morgan fingerprint density at radius 2 is 2.22 bits per heavy atom. The van der Waals surface area contributed by atoms with E-state index in [1.54, 1.807) is 0 Å². The molecule has 1 aliphatic heterocycles. The third-order valence-electron chi connectivity index (χ3n) is 1.26. The first-order valence-electron chi connectivity index (χ1n) is 2.87. The van der Waals surface area contributed by atoms with E-state index in [9.17, 15) is 0 Å². The molecule has 1 rings (SSSR count). The molecule has 1 N–H and O–H groups in total. The summed E-state index contributed by atoms with van der Waals surface area (Å²) < 4.78 is 0. The highest BCUT2D eigenvalue weighted by molar-refractivity contribution is 5.83. The molecule has 0 aliphatic carbocycles. The van der Waals surface area contributed by atoms with Crippen LogP contribution in [0.25, 0.3) is 0 Å². The number of amidine groups is 1. The molecule has 0 unspecified atom stereocenters. The van der Waals surface area contributed by atoms with Crippen molar-refractivity contribution in [3.05, 3.63) is 24.0 Å². The van der Waals surface area contributed by atoms with Gasteiger partial charge in [-0.15, -0.1) is 0 Å². The van der Waals surface area contributed by atoms with Gasteiger partial charge in [-0.1, -0.05) is 6.58 Å². The maximum absolute atomic E-state index is 4.04. The number of hydrogen-bond acceptors (Lipinski definition) is 2. The Hall–Kier alpha value is -1.05. The zero-order chi connectivity index (χ0) is 6.85. The van der Waals surface area contributed by atoms with Crippen LogP contribution in [0.4, 0.5) is 0 Å². The Labute approximate surface area is 55.0 Å². The van der Waals surface area contributed by atoms with Crippen molar-refractivity contribution in [3.8, 4) is 0 Å². The Balaban J connectivity index is 2.86. The number of nitrogens with zero attached hydrogens (tertiary/aromatic N) is 1. The zero-order valence-electron chi connectivity index (χ0n) is 5.73. The molecule has 2 heteroatoms. The second-order valence-corrected chi connectivity index (χ2v) is 2.13. The van der Waals surface area contributed by atoms with Crippen LogP contribution in [0.3, 0.4) is 0 Å². The SMILES string of the molecule is C=C1NC(C)=NC=C1C. The Morgan fingerprint density at radius 1 is 1.56 bits per heavy atom. The molecule has 9 heavy (non-hydrogen) atoms. The van der Waals surface area contributed by atoms with E-state index in [2.05, 4.69) is 16.9 Å². The van der Waals surface area contributed by atoms with Crippen LogP contribution in [0, 0.1) is 0 Å². The third-order valence-corrected chi connectivity index (χ3v) is 1.26. The van der Waals surface area contributed by atoms with E-state index in [1.165, 1.54) is 0 Å². The van der Waals surface area contributed by atoms with Gasteiger partial charge in [0.25, 0.3) is 0 Å². The second-order valence-electron chi connectivity index (χ2n) is 2.13. The van der Waals surface area contributed by atoms with Gasteiger partial charge in [0.2, 0.25) is 0 Å². The first-order chi connectivity index (χ1) is 4.20. The lowest BCUT2D eigenvalue weighted by molar-refractivity contribution is 1.07. The zero-order valence-corrected chi connectivity index (χ0v) is 5.73. The third kappa shape index (κ3) is 1.19. The van der Waals surface area contributed by atoms with E-state index in [-0.39, 0.29) is 0 Å². The number of rotatable bonds is 0. The largest absolute Gasteiger partial charge is 0.344 e. The summed E-state index contributed by atoms with van der Waals surface area (Å²) in [7, 11) is 0. The standard InChI is InChI=1S/C7H10N2/c1-5-4-8-7(3)9-6(5)2/h4H,2H2,1,3H3,(H,8,9). The van der Waals surface area contributed by atoms with E-state index in [4.69, 9.17) is 0 Å². The summed E-state index contributed by atoms with van der Waals surface area (Å²) in [6, 6.07) is 0. The van der Waals surface area contributed by atoms with E-state index < -0.39 is 0 Å². The average molecular weight is 122 g/mol. The number of allylic oxidation sites excluding steroid dienone is 1. The first kappa shape index (κ1) is 6.08. The van der Waals surface area contributed by atoms with Crippen molar-refractivity contribution in [2.75, 3.05) is 0 Å². The lowest BCUT2D eigenvalue weighted by atomic mass is 10.2. The van der Waals surface area contributed by atoms with Crippen molar-refractivity contribution in [3.63, 3.8) is 0 Å². The number of nitrogens with one attached hydrogen (secondary N) is 1. The van der Waals surface area contributed by atoms with Gasteiger partial charge in [-0.25, -0.2) is 4.99 Å². The van der Waals surface area contributed by atoms with Gasteiger partial charge in [-0.3, -0.25) is 0 Å². The molecule has 0 aromatic carbocycles. The molecular formula is C7H10N2. The molecule has 2 nitrogen and oxygen atoms in total. The molecule has 0 aromatic heterocycles. The molecule has 1 aliphatic rings. The van der Waals surface area contributed by atoms with E-state index in [1.807, 2.05) is 20.0 Å². The minimum Gasteiger partial charge on any atom is -0.344 e. The topological polar surface area (TPSA) is 24.4 Å². The molecule has 0 bridgehead atoms. The molecule has 1 heterocycles. The summed E-state index contributed by atoms with van der Waals surface area (Å²) in [6.45, 7) is 7.67. The quantitative estimate of drug-likeness (QED) is 0.516. The minimum atomic E-state index is 0.908.